The number of nitrogens with one attached hydrogen (secondary N) is 3. The molecule has 1 heterocycles. The minimum absolute atomic E-state index is 0.0653. The number of hydrogen-bond acceptors (Lipinski definition) is 7. The van der Waals surface area contributed by atoms with Gasteiger partial charge in [-0.1, -0.05) is 62.8 Å². The molecular weight excluding hydrogens is 601 g/mol. The summed E-state index contributed by atoms with van der Waals surface area (Å²) in [5.41, 5.74) is 8.67. The molecule has 0 atom stereocenters. The number of amidine groups is 1. The molecule has 43 heavy (non-hydrogen) atoms. The van der Waals surface area contributed by atoms with Gasteiger partial charge >= 0.3 is 0 Å². The van der Waals surface area contributed by atoms with E-state index in [9.17, 15) is 18.0 Å². The summed E-state index contributed by atoms with van der Waals surface area (Å²) < 4.78 is 27.9. The molecule has 0 aliphatic rings. The normalized spacial score (nSPS) is 11.3. The molecule has 0 saturated heterocycles. The zero-order chi connectivity index (χ0) is 31.4. The Kier molecular flexibility index (Phi) is 13.3. The number of carbonyl (C=O) groups is 2. The third-order valence-corrected chi connectivity index (χ3v) is 11.6. The molecule has 5 N–H and O–H groups in total. The highest BCUT2D eigenvalue weighted by Crippen LogP contribution is 2.39. The van der Waals surface area contributed by atoms with Gasteiger partial charge in [-0.05, 0) is 61.4 Å². The van der Waals surface area contributed by atoms with E-state index in [1.165, 1.54) is 29.2 Å². The van der Waals surface area contributed by atoms with Gasteiger partial charge in [0.05, 0.1) is 18.9 Å². The zero-order valence-electron chi connectivity index (χ0n) is 25.1. The summed E-state index contributed by atoms with van der Waals surface area (Å²) in [7, 11) is -2.21. The zero-order valence-corrected chi connectivity index (χ0v) is 27.6. The van der Waals surface area contributed by atoms with Crippen LogP contribution in [0.5, 0.6) is 0 Å². The van der Waals surface area contributed by atoms with Gasteiger partial charge in [-0.2, -0.15) is 0 Å². The van der Waals surface area contributed by atoms with Gasteiger partial charge in [0.15, 0.2) is 0 Å². The van der Waals surface area contributed by atoms with Crippen molar-refractivity contribution < 1.29 is 18.0 Å². The van der Waals surface area contributed by atoms with Gasteiger partial charge < -0.3 is 16.4 Å². The molecule has 1 aromatic heterocycles. The van der Waals surface area contributed by atoms with Gasteiger partial charge in [0.2, 0.25) is 21.7 Å². The smallest absolute Gasteiger partial charge is 0.224 e. The molecule has 0 radical (unpaired) electrons. The van der Waals surface area contributed by atoms with Crippen LogP contribution >= 0.6 is 23.1 Å². The van der Waals surface area contributed by atoms with E-state index in [0.29, 0.717) is 33.2 Å². The van der Waals surface area contributed by atoms with Crippen molar-refractivity contribution in [2.45, 2.75) is 85.1 Å². The van der Waals surface area contributed by atoms with E-state index < -0.39 is 9.84 Å². The number of anilines is 1. The Morgan fingerprint density at radius 3 is 2.12 bits per heavy atom. The minimum atomic E-state index is -3.87. The molecule has 3 rings (SSSR count). The lowest BCUT2D eigenvalue weighted by atomic mass is 9.98. The maximum absolute atomic E-state index is 13.7. The number of nitrogens with two attached hydrogens (primary N) is 1. The lowest BCUT2D eigenvalue weighted by Crippen LogP contribution is -2.16. The average molecular weight is 643 g/mol. The number of rotatable bonds is 17. The van der Waals surface area contributed by atoms with Crippen molar-refractivity contribution in [3.05, 3.63) is 59.0 Å². The molecular formula is C32H42N4O4S3. The maximum Gasteiger partial charge on any atom is 0.224 e. The first-order chi connectivity index (χ1) is 20.6. The monoisotopic (exact) mass is 642 g/mol. The van der Waals surface area contributed by atoms with E-state index in [-0.39, 0.29) is 27.4 Å². The Labute approximate surface area is 263 Å². The van der Waals surface area contributed by atoms with Crippen LogP contribution in [0.4, 0.5) is 5.69 Å². The van der Waals surface area contributed by atoms with Crippen molar-refractivity contribution in [3.63, 3.8) is 0 Å². The molecule has 0 unspecified atom stereocenters. The summed E-state index contributed by atoms with van der Waals surface area (Å²) in [4.78, 5) is 24.8. The van der Waals surface area contributed by atoms with Crippen LogP contribution in [-0.4, -0.2) is 39.4 Å². The number of aryl methyl sites for hydroxylation is 1. The highest BCUT2D eigenvalue weighted by molar-refractivity contribution is 8.01. The van der Waals surface area contributed by atoms with Gasteiger partial charge in [-0.15, -0.1) is 23.1 Å². The lowest BCUT2D eigenvalue weighted by molar-refractivity contribution is -0.120. The quantitative estimate of drug-likeness (QED) is 0.0533. The third kappa shape index (κ3) is 9.67. The predicted molar refractivity (Wildman–Crippen MR) is 178 cm³/mol. The fourth-order valence-corrected chi connectivity index (χ4v) is 8.79. The highest BCUT2D eigenvalue weighted by atomic mass is 32.2. The topological polar surface area (TPSA) is 142 Å². The van der Waals surface area contributed by atoms with E-state index in [1.807, 2.05) is 31.2 Å². The number of benzene rings is 2. The largest absolute Gasteiger partial charge is 0.383 e. The molecule has 11 heteroatoms. The summed E-state index contributed by atoms with van der Waals surface area (Å²) in [6.07, 6.45) is 11.1. The average Bonchev–Trinajstić information content (AvgIpc) is 3.44. The number of hydrogen-bond donors (Lipinski definition) is 4. The number of unbranched alkanes of at least 4 members (excludes halogenated alkanes) is 7. The molecule has 0 saturated carbocycles. The first-order valence-corrected chi connectivity index (χ1v) is 18.1. The first-order valence-electron chi connectivity index (χ1n) is 14.6. The summed E-state index contributed by atoms with van der Waals surface area (Å²) >= 11 is 2.50. The number of sulfone groups is 1. The van der Waals surface area contributed by atoms with Crippen LogP contribution in [0.1, 0.15) is 74.6 Å². The fraction of sp³-hybridized carbons (Fsp3) is 0.406. The van der Waals surface area contributed by atoms with Crippen molar-refractivity contribution in [3.8, 4) is 11.1 Å². The molecule has 0 bridgehead atoms. The summed E-state index contributed by atoms with van der Waals surface area (Å²) in [5, 5.41) is 13.4. The van der Waals surface area contributed by atoms with Crippen LogP contribution in [0.3, 0.4) is 0 Å². The molecule has 0 fully saturated rings. The fourth-order valence-electron chi connectivity index (χ4n) is 4.89. The highest BCUT2D eigenvalue weighted by Gasteiger charge is 2.25. The molecule has 3 aromatic rings. The molecule has 8 nitrogen and oxygen atoms in total. The number of amides is 2. The first kappa shape index (κ1) is 34.3. The van der Waals surface area contributed by atoms with Crippen LogP contribution in [0.2, 0.25) is 0 Å². The number of thioether (sulfide) groups is 1. The van der Waals surface area contributed by atoms with Crippen molar-refractivity contribution in [1.82, 2.24) is 5.32 Å². The Morgan fingerprint density at radius 2 is 1.51 bits per heavy atom. The molecule has 232 valence electrons. The van der Waals surface area contributed by atoms with E-state index in [4.69, 9.17) is 11.1 Å². The minimum Gasteiger partial charge on any atom is -0.383 e. The lowest BCUT2D eigenvalue weighted by Gasteiger charge is -2.15. The van der Waals surface area contributed by atoms with Gasteiger partial charge in [-0.3, -0.25) is 15.0 Å². The van der Waals surface area contributed by atoms with Gasteiger partial charge in [0.1, 0.15) is 5.84 Å². The SMILES string of the molecule is CNC(=O)CCCCCCCCCCC(=O)Nc1cccc(C)c1-c1cccc(S(=O)(=O)c2cc(C(=N)N)sc2SC)c1. The van der Waals surface area contributed by atoms with Crippen LogP contribution in [0.15, 0.2) is 62.5 Å². The summed E-state index contributed by atoms with van der Waals surface area (Å²) in [5.74, 6) is -0.132. The summed E-state index contributed by atoms with van der Waals surface area (Å²) in [6.45, 7) is 1.94. The summed E-state index contributed by atoms with van der Waals surface area (Å²) in [6, 6.07) is 13.9. The second-order valence-corrected chi connectivity index (χ2v) is 14.5. The Morgan fingerprint density at radius 1 is 0.907 bits per heavy atom. The standard InChI is InChI=1S/C32H42N4O4S3/c1-22-14-12-17-25(36-29(38)19-11-9-7-5-4-6-8-10-18-28(37)35-2)30(22)23-15-13-16-24(20-23)43(39,40)27-21-26(31(33)34)42-32(27)41-3/h12-17,20-21H,4-11,18-19H2,1-3H3,(H3,33,34)(H,35,37)(H,36,38). The van der Waals surface area contributed by atoms with Crippen molar-refractivity contribution in [2.24, 2.45) is 5.73 Å². The second-order valence-electron chi connectivity index (χ2n) is 10.5. The second kappa shape index (κ2) is 16.6. The molecule has 0 aliphatic carbocycles. The molecule has 2 amide bonds. The Bertz CT molecular complexity index is 1530. The number of thiophene rings is 1. The maximum atomic E-state index is 13.7. The van der Waals surface area contributed by atoms with Crippen LogP contribution in [-0.2, 0) is 19.4 Å². The number of nitrogen functional groups attached to an aromatic ring is 1. The van der Waals surface area contributed by atoms with Gasteiger partial charge in [0, 0.05) is 31.1 Å². The molecule has 0 aliphatic heterocycles. The number of carbonyl (C=O) groups excluding carboxylic acids is 2. The van der Waals surface area contributed by atoms with E-state index >= 15 is 0 Å². The van der Waals surface area contributed by atoms with E-state index in [2.05, 4.69) is 10.6 Å². The molecule has 0 spiro atoms. The molecule has 2 aromatic carbocycles. The van der Waals surface area contributed by atoms with Gasteiger partial charge in [0.25, 0.3) is 0 Å². The third-order valence-electron chi connectivity index (χ3n) is 7.22. The van der Waals surface area contributed by atoms with E-state index in [0.717, 1.165) is 62.5 Å². The van der Waals surface area contributed by atoms with Crippen LogP contribution in [0, 0.1) is 12.3 Å². The van der Waals surface area contributed by atoms with Gasteiger partial charge in [-0.25, -0.2) is 8.42 Å². The Hall–Kier alpha value is -3.15. The Balaban J connectivity index is 1.62. The van der Waals surface area contributed by atoms with Crippen molar-refractivity contribution in [2.75, 3.05) is 18.6 Å². The van der Waals surface area contributed by atoms with Crippen molar-refractivity contribution in [1.29, 1.82) is 5.41 Å². The van der Waals surface area contributed by atoms with Crippen LogP contribution in [0.25, 0.3) is 11.1 Å². The van der Waals surface area contributed by atoms with E-state index in [1.54, 1.807) is 31.5 Å². The predicted octanol–water partition coefficient (Wildman–Crippen LogP) is 7.15. The van der Waals surface area contributed by atoms with Crippen LogP contribution < -0.4 is 16.4 Å². The van der Waals surface area contributed by atoms with Crippen molar-refractivity contribution >= 4 is 56.3 Å².